The maximum atomic E-state index is 15.2. The van der Waals surface area contributed by atoms with Crippen LogP contribution in [-0.2, 0) is 4.79 Å². The van der Waals surface area contributed by atoms with E-state index in [0.29, 0.717) is 60.4 Å². The third-order valence-corrected chi connectivity index (χ3v) is 9.41. The Balaban J connectivity index is 0.00000265. The molecule has 2 aliphatic rings. The van der Waals surface area contributed by atoms with E-state index in [0.717, 1.165) is 67.3 Å². The van der Waals surface area contributed by atoms with Crippen LogP contribution < -0.4 is 15.1 Å². The first-order chi connectivity index (χ1) is 23.7. The van der Waals surface area contributed by atoms with E-state index in [1.54, 1.807) is 24.3 Å². The molecule has 0 atom stereocenters. The van der Waals surface area contributed by atoms with Crippen LogP contribution in [0.15, 0.2) is 42.5 Å². The van der Waals surface area contributed by atoms with Crippen LogP contribution in [0.4, 0.5) is 26.2 Å². The molecule has 2 fully saturated rings. The van der Waals surface area contributed by atoms with Crippen molar-refractivity contribution in [3.63, 3.8) is 0 Å². The molecule has 10 heteroatoms. The predicted molar refractivity (Wildman–Crippen MR) is 195 cm³/mol. The number of para-hydroxylation sites is 1. The van der Waals surface area contributed by atoms with Crippen LogP contribution in [0, 0.1) is 24.5 Å². The Morgan fingerprint density at radius 3 is 2.31 bits per heavy atom. The second-order valence-corrected chi connectivity index (χ2v) is 12.7. The van der Waals surface area contributed by atoms with Gasteiger partial charge in [0.1, 0.15) is 17.3 Å². The topological polar surface area (TPSA) is 81.7 Å². The minimum Gasteiger partial charge on any atom is -0.352 e. The van der Waals surface area contributed by atoms with Crippen molar-refractivity contribution in [2.24, 2.45) is 5.92 Å². The van der Waals surface area contributed by atoms with Gasteiger partial charge in [0.05, 0.1) is 5.69 Å². The Morgan fingerprint density at radius 1 is 1.02 bits per heavy atom. The van der Waals surface area contributed by atoms with Crippen LogP contribution >= 0.6 is 0 Å². The van der Waals surface area contributed by atoms with Crippen molar-refractivity contribution in [1.29, 1.82) is 0 Å². The van der Waals surface area contributed by atoms with E-state index in [9.17, 15) is 9.59 Å². The number of piperidine rings is 2. The van der Waals surface area contributed by atoms with Crippen LogP contribution in [0.25, 0.3) is 17.3 Å². The number of nitrogens with one attached hydrogen (secondary N) is 1. The molecule has 2 saturated heterocycles. The number of allylic oxidation sites excluding steroid dienone is 1. The molecular formula is C39H52F2N6O2. The molecule has 2 aromatic carbocycles. The Morgan fingerprint density at radius 2 is 1.69 bits per heavy atom. The molecule has 2 amide bonds. The predicted octanol–water partition coefficient (Wildman–Crippen LogP) is 8.31. The Bertz CT molecular complexity index is 1580. The number of aryl methyl sites for hydroxylation is 1. The fourth-order valence-electron chi connectivity index (χ4n) is 6.55. The van der Waals surface area contributed by atoms with E-state index in [-0.39, 0.29) is 11.7 Å². The SMILES string of the molecule is C/C=C\c1c(-c2cc(C(=O)NCCCC)ccc2C)nc(N2CCC(N3CCC(C)CC3)CC2)nc1N(C=O)c1c(F)cccc1F.CC. The van der Waals surface area contributed by atoms with Crippen molar-refractivity contribution in [1.82, 2.24) is 20.2 Å². The minimum atomic E-state index is -0.885. The smallest absolute Gasteiger partial charge is 0.251 e. The Hall–Kier alpha value is -4.18. The summed E-state index contributed by atoms with van der Waals surface area (Å²) >= 11 is 0. The molecule has 0 unspecified atom stereocenters. The largest absolute Gasteiger partial charge is 0.352 e. The highest BCUT2D eigenvalue weighted by atomic mass is 19.1. The number of aromatic nitrogens is 2. The number of carbonyl (C=O) groups is 2. The van der Waals surface area contributed by atoms with Crippen LogP contribution in [-0.4, -0.2) is 66.0 Å². The van der Waals surface area contributed by atoms with Crippen LogP contribution in [0.1, 0.15) is 94.6 Å². The minimum absolute atomic E-state index is 0.0615. The third kappa shape index (κ3) is 8.90. The number of nitrogens with zero attached hydrogens (tertiary/aromatic N) is 5. The van der Waals surface area contributed by atoms with E-state index in [4.69, 9.17) is 9.97 Å². The van der Waals surface area contributed by atoms with Crippen molar-refractivity contribution in [2.75, 3.05) is 42.5 Å². The number of hydrogen-bond donors (Lipinski definition) is 1. The van der Waals surface area contributed by atoms with Gasteiger partial charge in [-0.2, -0.15) is 4.98 Å². The summed E-state index contributed by atoms with van der Waals surface area (Å²) in [5, 5.41) is 2.97. The Labute approximate surface area is 290 Å². The molecule has 0 radical (unpaired) electrons. The molecule has 49 heavy (non-hydrogen) atoms. The van der Waals surface area contributed by atoms with E-state index in [2.05, 4.69) is 29.0 Å². The molecule has 0 saturated carbocycles. The zero-order valence-corrected chi connectivity index (χ0v) is 29.9. The van der Waals surface area contributed by atoms with Gasteiger partial charge in [-0.1, -0.05) is 58.4 Å². The summed E-state index contributed by atoms with van der Waals surface area (Å²) in [6, 6.07) is 9.39. The maximum Gasteiger partial charge on any atom is 0.251 e. The normalized spacial score (nSPS) is 16.0. The lowest BCUT2D eigenvalue weighted by Crippen LogP contribution is -2.48. The fraction of sp³-hybridized carbons (Fsp3) is 0.487. The van der Waals surface area contributed by atoms with Crippen molar-refractivity contribution in [3.8, 4) is 11.3 Å². The number of halogens is 2. The first kappa shape index (κ1) is 37.6. The number of anilines is 3. The van der Waals surface area contributed by atoms with Gasteiger partial charge in [-0.05, 0) is 94.8 Å². The van der Waals surface area contributed by atoms with Gasteiger partial charge < -0.3 is 15.1 Å². The third-order valence-electron chi connectivity index (χ3n) is 9.41. The molecule has 264 valence electrons. The first-order valence-electron chi connectivity index (χ1n) is 17.9. The Kier molecular flexibility index (Phi) is 13.8. The molecule has 0 aliphatic carbocycles. The van der Waals surface area contributed by atoms with Crippen LogP contribution in [0.3, 0.4) is 0 Å². The number of benzene rings is 2. The summed E-state index contributed by atoms with van der Waals surface area (Å²) in [6.45, 7) is 16.3. The highest BCUT2D eigenvalue weighted by molar-refractivity contribution is 5.97. The lowest BCUT2D eigenvalue weighted by Gasteiger charge is -2.41. The van der Waals surface area contributed by atoms with E-state index < -0.39 is 17.3 Å². The molecule has 2 aliphatic heterocycles. The van der Waals surface area contributed by atoms with E-state index in [1.807, 2.05) is 33.8 Å². The zero-order chi connectivity index (χ0) is 35.5. The monoisotopic (exact) mass is 674 g/mol. The molecule has 8 nitrogen and oxygen atoms in total. The molecule has 0 bridgehead atoms. The number of amides is 2. The highest BCUT2D eigenvalue weighted by Gasteiger charge is 2.31. The molecule has 1 aromatic heterocycles. The van der Waals surface area contributed by atoms with Crippen LogP contribution in [0.2, 0.25) is 0 Å². The number of carbonyl (C=O) groups excluding carboxylic acids is 2. The molecule has 5 rings (SSSR count). The van der Waals surface area contributed by atoms with Crippen molar-refractivity contribution >= 4 is 35.8 Å². The lowest BCUT2D eigenvalue weighted by atomic mass is 9.95. The average Bonchev–Trinajstić information content (AvgIpc) is 3.12. The van der Waals surface area contributed by atoms with Gasteiger partial charge >= 0.3 is 0 Å². The van der Waals surface area contributed by atoms with Gasteiger partial charge in [0.2, 0.25) is 12.4 Å². The summed E-state index contributed by atoms with van der Waals surface area (Å²) in [6.07, 6.45) is 10.0. The second-order valence-electron chi connectivity index (χ2n) is 12.7. The standard InChI is InChI=1S/C37H46F2N6O2.C2H6/c1-5-7-18-40-36(47)27-13-12-26(4)30(23-27)33-29(9-6-2)35(45(24-46)34-31(38)10-8-11-32(34)39)42-37(41-33)44-21-16-28(17-22-44)43-19-14-25(3)15-20-43;1-2/h6,8-13,23-25,28H,5,7,14-22H2,1-4H3,(H,40,47);1-2H3/b9-6-;. The zero-order valence-electron chi connectivity index (χ0n) is 29.9. The molecular weight excluding hydrogens is 622 g/mol. The van der Waals surface area contributed by atoms with Crippen LogP contribution in [0.5, 0.6) is 0 Å². The number of hydrogen-bond acceptors (Lipinski definition) is 6. The van der Waals surface area contributed by atoms with Gasteiger partial charge in [0, 0.05) is 42.4 Å². The second kappa shape index (κ2) is 18.0. The van der Waals surface area contributed by atoms with Gasteiger partial charge in [-0.3, -0.25) is 14.5 Å². The summed E-state index contributed by atoms with van der Waals surface area (Å²) in [7, 11) is 0. The highest BCUT2D eigenvalue weighted by Crippen LogP contribution is 2.38. The average molecular weight is 675 g/mol. The van der Waals surface area contributed by atoms with Gasteiger partial charge in [-0.15, -0.1) is 0 Å². The molecule has 3 aromatic rings. The first-order valence-corrected chi connectivity index (χ1v) is 17.9. The number of rotatable bonds is 11. The summed E-state index contributed by atoms with van der Waals surface area (Å²) < 4.78 is 30.4. The summed E-state index contributed by atoms with van der Waals surface area (Å²) in [5.74, 6) is -0.774. The maximum absolute atomic E-state index is 15.2. The number of likely N-dealkylation sites (tertiary alicyclic amines) is 1. The van der Waals surface area contributed by atoms with Gasteiger partial charge in [-0.25, -0.2) is 13.8 Å². The number of unbranched alkanes of at least 4 members (excludes halogenated alkanes) is 1. The quantitative estimate of drug-likeness (QED) is 0.163. The molecule has 3 heterocycles. The van der Waals surface area contributed by atoms with Crippen molar-refractivity contribution in [2.45, 2.75) is 86.1 Å². The van der Waals surface area contributed by atoms with Crippen molar-refractivity contribution < 1.29 is 18.4 Å². The van der Waals surface area contributed by atoms with E-state index in [1.165, 1.54) is 18.9 Å². The summed E-state index contributed by atoms with van der Waals surface area (Å²) in [4.78, 5) is 41.3. The summed E-state index contributed by atoms with van der Waals surface area (Å²) in [5.41, 5.74) is 2.36. The molecule has 0 spiro atoms. The fourth-order valence-corrected chi connectivity index (χ4v) is 6.55. The van der Waals surface area contributed by atoms with Crippen molar-refractivity contribution in [3.05, 3.63) is 70.8 Å². The van der Waals surface area contributed by atoms with E-state index >= 15 is 8.78 Å². The van der Waals surface area contributed by atoms with Gasteiger partial charge in [0.15, 0.2) is 5.82 Å². The van der Waals surface area contributed by atoms with Gasteiger partial charge in [0.25, 0.3) is 5.91 Å². The lowest BCUT2D eigenvalue weighted by molar-refractivity contribution is -0.106. The molecule has 1 N–H and O–H groups in total.